The molecule has 0 aromatic carbocycles. The Balaban J connectivity index is 5.01. The fraction of sp³-hybridized carbons (Fsp3) is 1.00. The zero-order valence-corrected chi connectivity index (χ0v) is 13.3. The molecule has 2 N–H and O–H groups in total. The first-order chi connectivity index (χ1) is 8.52. The van der Waals surface area contributed by atoms with E-state index in [4.69, 9.17) is 10.5 Å². The van der Waals surface area contributed by atoms with Crippen molar-refractivity contribution < 1.29 is 4.74 Å². The molecule has 0 radical (unpaired) electrons. The van der Waals surface area contributed by atoms with Crippen molar-refractivity contribution in [2.45, 2.75) is 53.0 Å². The molecule has 0 aromatic heterocycles. The fourth-order valence-electron chi connectivity index (χ4n) is 2.78. The molecule has 0 spiro atoms. The lowest BCUT2D eigenvalue weighted by molar-refractivity contribution is -0.0220. The summed E-state index contributed by atoms with van der Waals surface area (Å²) in [6.07, 6.45) is 2.47. The zero-order valence-electron chi connectivity index (χ0n) is 13.3. The second kappa shape index (κ2) is 8.89. The van der Waals surface area contributed by atoms with Crippen molar-refractivity contribution in [3.63, 3.8) is 0 Å². The molecule has 0 saturated heterocycles. The van der Waals surface area contributed by atoms with E-state index in [1.165, 1.54) is 12.8 Å². The van der Waals surface area contributed by atoms with E-state index in [-0.39, 0.29) is 5.54 Å². The Morgan fingerprint density at radius 2 is 1.72 bits per heavy atom. The van der Waals surface area contributed by atoms with Crippen LogP contribution in [0.4, 0.5) is 0 Å². The Hall–Kier alpha value is -0.120. The summed E-state index contributed by atoms with van der Waals surface area (Å²) in [6, 6.07) is 0. The first kappa shape index (κ1) is 17.9. The largest absolute Gasteiger partial charge is 0.383 e. The minimum absolute atomic E-state index is 0.0217. The predicted octanol–water partition coefficient (Wildman–Crippen LogP) is 2.74. The molecule has 1 unspecified atom stereocenters. The zero-order chi connectivity index (χ0) is 14.2. The molecule has 3 nitrogen and oxygen atoms in total. The standard InChI is InChI=1S/C15H34N2O/c1-7-14(8-2)10-17(9-3)15(11-16,12-18-6)13(4)5/h13-14H,7-12,16H2,1-6H3. The number of nitrogens with two attached hydrogens (primary N) is 1. The average Bonchev–Trinajstić information content (AvgIpc) is 2.38. The highest BCUT2D eigenvalue weighted by Crippen LogP contribution is 2.26. The maximum atomic E-state index is 6.11. The van der Waals surface area contributed by atoms with Gasteiger partial charge >= 0.3 is 0 Å². The monoisotopic (exact) mass is 258 g/mol. The average molecular weight is 258 g/mol. The van der Waals surface area contributed by atoms with E-state index in [0.29, 0.717) is 12.5 Å². The van der Waals surface area contributed by atoms with Gasteiger partial charge in [-0.05, 0) is 18.4 Å². The van der Waals surface area contributed by atoms with E-state index in [1.807, 2.05) is 0 Å². The highest BCUT2D eigenvalue weighted by atomic mass is 16.5. The number of hydrogen-bond acceptors (Lipinski definition) is 3. The Bertz CT molecular complexity index is 205. The van der Waals surface area contributed by atoms with E-state index in [2.05, 4.69) is 39.5 Å². The molecule has 0 aliphatic rings. The van der Waals surface area contributed by atoms with Gasteiger partial charge in [0.15, 0.2) is 0 Å². The van der Waals surface area contributed by atoms with Crippen LogP contribution >= 0.6 is 0 Å². The number of ether oxygens (including phenoxy) is 1. The van der Waals surface area contributed by atoms with Crippen molar-refractivity contribution >= 4 is 0 Å². The molecule has 0 bridgehead atoms. The molecule has 110 valence electrons. The van der Waals surface area contributed by atoms with Crippen LogP contribution in [0.2, 0.25) is 0 Å². The van der Waals surface area contributed by atoms with Crippen molar-refractivity contribution in [1.82, 2.24) is 4.90 Å². The molecule has 0 heterocycles. The molecule has 0 rings (SSSR count). The van der Waals surface area contributed by atoms with Crippen LogP contribution in [0.1, 0.15) is 47.5 Å². The molecule has 0 fully saturated rings. The van der Waals surface area contributed by atoms with Gasteiger partial charge in [0, 0.05) is 20.2 Å². The van der Waals surface area contributed by atoms with Gasteiger partial charge in [-0.3, -0.25) is 4.90 Å². The lowest BCUT2D eigenvalue weighted by Crippen LogP contribution is -2.61. The molecule has 1 atom stereocenters. The van der Waals surface area contributed by atoms with Crippen molar-refractivity contribution in [3.05, 3.63) is 0 Å². The molecule has 0 saturated carbocycles. The van der Waals surface area contributed by atoms with Crippen LogP contribution in [0, 0.1) is 11.8 Å². The minimum atomic E-state index is -0.0217. The van der Waals surface area contributed by atoms with E-state index in [1.54, 1.807) is 7.11 Å². The maximum absolute atomic E-state index is 6.11. The highest BCUT2D eigenvalue weighted by molar-refractivity contribution is 4.95. The summed E-state index contributed by atoms with van der Waals surface area (Å²) in [5.41, 5.74) is 6.09. The molecule has 0 aliphatic carbocycles. The molecular weight excluding hydrogens is 224 g/mol. The number of methoxy groups -OCH3 is 1. The van der Waals surface area contributed by atoms with Crippen molar-refractivity contribution in [3.8, 4) is 0 Å². The van der Waals surface area contributed by atoms with Crippen LogP contribution in [0.15, 0.2) is 0 Å². The summed E-state index contributed by atoms with van der Waals surface area (Å²) < 4.78 is 5.47. The summed E-state index contributed by atoms with van der Waals surface area (Å²) >= 11 is 0. The lowest BCUT2D eigenvalue weighted by Gasteiger charge is -2.47. The van der Waals surface area contributed by atoms with Crippen molar-refractivity contribution in [1.29, 1.82) is 0 Å². The lowest BCUT2D eigenvalue weighted by atomic mass is 9.84. The highest BCUT2D eigenvalue weighted by Gasteiger charge is 2.38. The topological polar surface area (TPSA) is 38.5 Å². The van der Waals surface area contributed by atoms with E-state index < -0.39 is 0 Å². The number of rotatable bonds is 10. The van der Waals surface area contributed by atoms with Gasteiger partial charge in [0.25, 0.3) is 0 Å². The molecule has 0 amide bonds. The Morgan fingerprint density at radius 1 is 1.17 bits per heavy atom. The molecular formula is C15H34N2O. The van der Waals surface area contributed by atoms with Crippen LogP contribution in [0.5, 0.6) is 0 Å². The summed E-state index contributed by atoms with van der Waals surface area (Å²) in [6.45, 7) is 14.8. The summed E-state index contributed by atoms with van der Waals surface area (Å²) in [5.74, 6) is 1.25. The van der Waals surface area contributed by atoms with E-state index in [9.17, 15) is 0 Å². The second-order valence-corrected chi connectivity index (χ2v) is 5.62. The van der Waals surface area contributed by atoms with Gasteiger partial charge in [0.05, 0.1) is 12.1 Å². The first-order valence-electron chi connectivity index (χ1n) is 7.46. The van der Waals surface area contributed by atoms with Gasteiger partial charge in [-0.2, -0.15) is 0 Å². The third kappa shape index (κ3) is 4.22. The number of hydrogen-bond donors (Lipinski definition) is 1. The SMILES string of the molecule is CCC(CC)CN(CC)C(CN)(COC)C(C)C. The van der Waals surface area contributed by atoms with Crippen LogP contribution in [0.3, 0.4) is 0 Å². The van der Waals surface area contributed by atoms with Crippen LogP contribution in [-0.4, -0.2) is 43.8 Å². The summed E-state index contributed by atoms with van der Waals surface area (Å²) in [5, 5.41) is 0. The number of nitrogens with zero attached hydrogens (tertiary/aromatic N) is 1. The Labute approximate surface area is 114 Å². The molecule has 0 aromatic rings. The van der Waals surface area contributed by atoms with E-state index >= 15 is 0 Å². The molecule has 3 heteroatoms. The Morgan fingerprint density at radius 3 is 2.00 bits per heavy atom. The Kier molecular flexibility index (Phi) is 8.83. The normalized spacial score (nSPS) is 15.7. The van der Waals surface area contributed by atoms with Gasteiger partial charge in [-0.1, -0.05) is 47.5 Å². The van der Waals surface area contributed by atoms with E-state index in [0.717, 1.165) is 25.6 Å². The fourth-order valence-corrected chi connectivity index (χ4v) is 2.78. The van der Waals surface area contributed by atoms with Crippen molar-refractivity contribution in [2.75, 3.05) is 33.4 Å². The van der Waals surface area contributed by atoms with Gasteiger partial charge in [-0.15, -0.1) is 0 Å². The number of likely N-dealkylation sites (N-methyl/N-ethyl adjacent to an activating group) is 1. The van der Waals surface area contributed by atoms with Crippen LogP contribution in [0.25, 0.3) is 0 Å². The van der Waals surface area contributed by atoms with Gasteiger partial charge in [0.1, 0.15) is 0 Å². The predicted molar refractivity (Wildman–Crippen MR) is 79.8 cm³/mol. The summed E-state index contributed by atoms with van der Waals surface area (Å²) in [4.78, 5) is 2.54. The molecule has 18 heavy (non-hydrogen) atoms. The maximum Gasteiger partial charge on any atom is 0.0661 e. The van der Waals surface area contributed by atoms with Gasteiger partial charge < -0.3 is 10.5 Å². The third-order valence-electron chi connectivity index (χ3n) is 4.47. The third-order valence-corrected chi connectivity index (χ3v) is 4.47. The summed E-state index contributed by atoms with van der Waals surface area (Å²) in [7, 11) is 1.78. The molecule has 0 aliphatic heterocycles. The first-order valence-corrected chi connectivity index (χ1v) is 7.46. The quantitative estimate of drug-likeness (QED) is 0.655. The second-order valence-electron chi connectivity index (χ2n) is 5.62. The smallest absolute Gasteiger partial charge is 0.0661 e. The van der Waals surface area contributed by atoms with Gasteiger partial charge in [-0.25, -0.2) is 0 Å². The minimum Gasteiger partial charge on any atom is -0.383 e. The van der Waals surface area contributed by atoms with Crippen LogP contribution < -0.4 is 5.73 Å². The van der Waals surface area contributed by atoms with Crippen molar-refractivity contribution in [2.24, 2.45) is 17.6 Å². The van der Waals surface area contributed by atoms with Gasteiger partial charge in [0.2, 0.25) is 0 Å². The van der Waals surface area contributed by atoms with Crippen LogP contribution in [-0.2, 0) is 4.74 Å².